The van der Waals surface area contributed by atoms with Gasteiger partial charge in [0.2, 0.25) is 5.78 Å². The molecule has 18 heavy (non-hydrogen) atoms. The molecule has 0 spiro atoms. The Morgan fingerprint density at radius 3 is 2.50 bits per heavy atom. The van der Waals surface area contributed by atoms with Crippen molar-refractivity contribution in [2.75, 3.05) is 13.2 Å². The van der Waals surface area contributed by atoms with Gasteiger partial charge in [0.05, 0.1) is 24.9 Å². The first-order chi connectivity index (χ1) is 8.77. The number of hydrogen-bond donors (Lipinski definition) is 1. The first-order valence-electron chi connectivity index (χ1n) is 5.83. The Hall–Kier alpha value is -2.14. The molecule has 1 aliphatic heterocycles. The van der Waals surface area contributed by atoms with Gasteiger partial charge in [-0.1, -0.05) is 24.3 Å². The normalized spacial score (nSPS) is 18.4. The van der Waals surface area contributed by atoms with Crippen molar-refractivity contribution in [1.82, 2.24) is 9.78 Å². The number of H-pyrrole nitrogens is 1. The van der Waals surface area contributed by atoms with Crippen LogP contribution >= 0.6 is 0 Å². The van der Waals surface area contributed by atoms with Crippen LogP contribution in [0, 0.1) is 0 Å². The molecule has 1 N–H and O–H groups in total. The van der Waals surface area contributed by atoms with E-state index in [-0.39, 0.29) is 6.04 Å². The van der Waals surface area contributed by atoms with Crippen molar-refractivity contribution in [3.8, 4) is 11.3 Å². The molecule has 2 aromatic rings. The van der Waals surface area contributed by atoms with E-state index < -0.39 is 11.6 Å². The van der Waals surface area contributed by atoms with Crippen LogP contribution in [0.5, 0.6) is 0 Å². The van der Waals surface area contributed by atoms with E-state index in [1.807, 2.05) is 12.1 Å². The van der Waals surface area contributed by atoms with E-state index in [0.29, 0.717) is 24.5 Å². The zero-order valence-electron chi connectivity index (χ0n) is 9.47. The zero-order chi connectivity index (χ0) is 12.3. The maximum absolute atomic E-state index is 12.1. The number of aromatic amines is 1. The number of nitrogens with zero attached hydrogens (tertiary/aromatic N) is 1. The Kier molecular flexibility index (Phi) is 1.75. The summed E-state index contributed by atoms with van der Waals surface area (Å²) in [4.78, 5) is 24.1. The number of carbonyl (C=O) groups excluding carboxylic acids is 2. The summed E-state index contributed by atoms with van der Waals surface area (Å²) in [5.41, 5.74) is 2.56. The fraction of sp³-hybridized carbons (Fsp3) is 0.231. The Bertz CT molecular complexity index is 676. The topological polar surface area (TPSA) is 64.1 Å². The van der Waals surface area contributed by atoms with Gasteiger partial charge < -0.3 is 4.74 Å². The van der Waals surface area contributed by atoms with Gasteiger partial charge in [0.15, 0.2) is 0 Å². The fourth-order valence-electron chi connectivity index (χ4n) is 2.48. The third kappa shape index (κ3) is 1.04. The number of aromatic nitrogens is 2. The van der Waals surface area contributed by atoms with Crippen LogP contribution in [-0.2, 0) is 4.74 Å². The monoisotopic (exact) mass is 242 g/mol. The number of ether oxygens (including phenoxy) is 1. The lowest BCUT2D eigenvalue weighted by Gasteiger charge is -2.35. The average Bonchev–Trinajstić information content (AvgIpc) is 2.29. The van der Waals surface area contributed by atoms with Gasteiger partial charge in [-0.05, 0) is 0 Å². The van der Waals surface area contributed by atoms with E-state index in [2.05, 4.69) is 5.10 Å². The largest absolute Gasteiger partial charge is 0.377 e. The quantitative estimate of drug-likeness (QED) is 0.769. The van der Waals surface area contributed by atoms with Crippen molar-refractivity contribution >= 4 is 11.6 Å². The molecular weight excluding hydrogens is 232 g/mol. The van der Waals surface area contributed by atoms with Gasteiger partial charge in [0.25, 0.3) is 5.78 Å². The molecule has 0 radical (unpaired) electrons. The van der Waals surface area contributed by atoms with E-state index in [1.54, 1.807) is 16.8 Å². The van der Waals surface area contributed by atoms with Crippen molar-refractivity contribution in [1.29, 1.82) is 0 Å². The van der Waals surface area contributed by atoms with Crippen LogP contribution in [0.4, 0.5) is 0 Å². The van der Waals surface area contributed by atoms with Gasteiger partial charge in [0.1, 0.15) is 5.69 Å². The predicted molar refractivity (Wildman–Crippen MR) is 62.7 cm³/mol. The number of nitrogens with one attached hydrogen (secondary N) is 1. The number of rotatable bonds is 1. The summed E-state index contributed by atoms with van der Waals surface area (Å²) >= 11 is 0. The summed E-state index contributed by atoms with van der Waals surface area (Å²) in [6.45, 7) is 1.18. The predicted octanol–water partition coefficient (Wildman–Crippen LogP) is 1.43. The molecule has 1 aromatic heterocycles. The van der Waals surface area contributed by atoms with Crippen LogP contribution in [0.15, 0.2) is 24.3 Å². The van der Waals surface area contributed by atoms with Crippen molar-refractivity contribution in [3.63, 3.8) is 0 Å². The second-order valence-electron chi connectivity index (χ2n) is 4.60. The van der Waals surface area contributed by atoms with E-state index in [0.717, 1.165) is 11.3 Å². The molecule has 0 bridgehead atoms. The molecular formula is C13H10N2O3. The number of fused-ring (bicyclic) bond motifs is 3. The third-order valence-electron chi connectivity index (χ3n) is 3.56. The smallest absolute Gasteiger partial charge is 0.253 e. The van der Waals surface area contributed by atoms with Crippen molar-refractivity contribution in [2.45, 2.75) is 6.04 Å². The lowest BCUT2D eigenvalue weighted by Crippen LogP contribution is -2.41. The van der Waals surface area contributed by atoms with Crippen LogP contribution in [0.1, 0.15) is 26.9 Å². The molecule has 90 valence electrons. The molecule has 2 heterocycles. The van der Waals surface area contributed by atoms with Gasteiger partial charge in [-0.3, -0.25) is 19.4 Å². The van der Waals surface area contributed by atoms with Crippen molar-refractivity contribution in [2.24, 2.45) is 0 Å². The van der Waals surface area contributed by atoms with Gasteiger partial charge in [0, 0.05) is 11.1 Å². The number of carbonyl (C=O) groups is 2. The molecule has 5 nitrogen and oxygen atoms in total. The van der Waals surface area contributed by atoms with Gasteiger partial charge in [-0.2, -0.15) is 0 Å². The molecule has 2 aliphatic rings. The molecule has 5 heteroatoms. The maximum Gasteiger partial charge on any atom is 0.253 e. The van der Waals surface area contributed by atoms with Crippen LogP contribution in [-0.4, -0.2) is 34.6 Å². The second-order valence-corrected chi connectivity index (χ2v) is 4.60. The number of hydrogen-bond acceptors (Lipinski definition) is 3. The zero-order valence-corrected chi connectivity index (χ0v) is 9.47. The minimum atomic E-state index is -0.422. The Balaban J connectivity index is 1.90. The number of benzene rings is 1. The summed E-state index contributed by atoms with van der Waals surface area (Å²) in [6.07, 6.45) is 0. The minimum Gasteiger partial charge on any atom is -0.377 e. The lowest BCUT2D eigenvalue weighted by molar-refractivity contribution is -0.0319. The molecule has 1 aliphatic carbocycles. The summed E-state index contributed by atoms with van der Waals surface area (Å²) < 4.78 is 6.86. The third-order valence-corrected chi connectivity index (χ3v) is 3.56. The highest BCUT2D eigenvalue weighted by atomic mass is 16.5. The van der Waals surface area contributed by atoms with Crippen molar-refractivity contribution in [3.05, 3.63) is 35.5 Å². The van der Waals surface area contributed by atoms with Gasteiger partial charge in [-0.25, -0.2) is 0 Å². The summed E-state index contributed by atoms with van der Waals surface area (Å²) in [5, 5.41) is 3.15. The maximum atomic E-state index is 12.1. The molecule has 1 fully saturated rings. The highest BCUT2D eigenvalue weighted by molar-refractivity contribution is 6.52. The standard InChI is InChI=1S/C13H10N2O3/c16-12-9-4-2-1-3-8(9)10-11(13(12)17)15(14-10)7-5-18-6-7/h1-4,7,14H,5-6H2. The van der Waals surface area contributed by atoms with Crippen LogP contribution in [0.3, 0.4) is 0 Å². The fourth-order valence-corrected chi connectivity index (χ4v) is 2.48. The Morgan fingerprint density at radius 1 is 1.11 bits per heavy atom. The highest BCUT2D eigenvalue weighted by Gasteiger charge is 2.38. The van der Waals surface area contributed by atoms with E-state index in [9.17, 15) is 9.59 Å². The van der Waals surface area contributed by atoms with Gasteiger partial charge >= 0.3 is 0 Å². The van der Waals surface area contributed by atoms with Crippen LogP contribution < -0.4 is 0 Å². The Morgan fingerprint density at radius 2 is 1.83 bits per heavy atom. The average molecular weight is 242 g/mol. The Labute approximate surface area is 102 Å². The first-order valence-corrected chi connectivity index (χ1v) is 5.83. The summed E-state index contributed by atoms with van der Waals surface area (Å²) in [5.74, 6) is -0.842. The van der Waals surface area contributed by atoms with Crippen molar-refractivity contribution < 1.29 is 14.3 Å². The van der Waals surface area contributed by atoms with E-state index in [4.69, 9.17) is 4.74 Å². The molecule has 0 saturated carbocycles. The summed E-state index contributed by atoms with van der Waals surface area (Å²) in [6, 6.07) is 7.34. The molecule has 0 amide bonds. The van der Waals surface area contributed by atoms with Crippen LogP contribution in [0.2, 0.25) is 0 Å². The summed E-state index contributed by atoms with van der Waals surface area (Å²) in [7, 11) is 0. The number of ketones is 2. The minimum absolute atomic E-state index is 0.158. The molecule has 4 rings (SSSR count). The SMILES string of the molecule is O=C1C(=O)c2c([nH]n2C2COC2)-c2ccccc21. The van der Waals surface area contributed by atoms with Gasteiger partial charge in [-0.15, -0.1) is 0 Å². The first kappa shape index (κ1) is 9.85. The highest BCUT2D eigenvalue weighted by Crippen LogP contribution is 2.36. The molecule has 0 unspecified atom stereocenters. The van der Waals surface area contributed by atoms with E-state index in [1.165, 1.54) is 0 Å². The lowest BCUT2D eigenvalue weighted by atomic mass is 9.89. The van der Waals surface area contributed by atoms with Crippen LogP contribution in [0.25, 0.3) is 11.3 Å². The molecule has 1 saturated heterocycles. The number of Topliss-reactive ketones (excluding diaryl/α,β-unsaturated/α-hetero) is 2. The van der Waals surface area contributed by atoms with E-state index >= 15 is 0 Å². The second kappa shape index (κ2) is 3.20. The molecule has 0 atom stereocenters. The molecule has 1 aromatic carbocycles.